The lowest BCUT2D eigenvalue weighted by molar-refractivity contribution is 0.542. The van der Waals surface area contributed by atoms with Crippen molar-refractivity contribution in [3.8, 4) is 0 Å². The number of unbranched alkanes of at least 4 members (excludes halogenated alkanes) is 3. The van der Waals surface area contributed by atoms with Crippen molar-refractivity contribution >= 4 is 5.69 Å². The van der Waals surface area contributed by atoms with Gasteiger partial charge in [-0.1, -0.05) is 44.9 Å². The van der Waals surface area contributed by atoms with Crippen LogP contribution in [0, 0.1) is 6.92 Å². The van der Waals surface area contributed by atoms with E-state index < -0.39 is 0 Å². The van der Waals surface area contributed by atoms with E-state index in [0.29, 0.717) is 6.04 Å². The third-order valence-electron chi connectivity index (χ3n) is 3.50. The van der Waals surface area contributed by atoms with E-state index in [-0.39, 0.29) is 0 Å². The Hall–Kier alpha value is -1.02. The number of hydrogen-bond acceptors (Lipinski definition) is 2. The smallest absolute Gasteiger partial charge is 0.0393 e. The van der Waals surface area contributed by atoms with Crippen LogP contribution in [0.3, 0.4) is 0 Å². The first-order chi connectivity index (χ1) is 9.11. The molecule has 0 radical (unpaired) electrons. The number of nitrogens with one attached hydrogen (secondary N) is 1. The molecule has 2 nitrogen and oxygen atoms in total. The fourth-order valence-corrected chi connectivity index (χ4v) is 2.33. The minimum atomic E-state index is 0.618. The van der Waals surface area contributed by atoms with Gasteiger partial charge in [0.1, 0.15) is 0 Å². The summed E-state index contributed by atoms with van der Waals surface area (Å²) in [6.45, 7) is 8.91. The van der Waals surface area contributed by atoms with Gasteiger partial charge in [0.15, 0.2) is 0 Å². The van der Waals surface area contributed by atoms with Gasteiger partial charge in [-0.05, 0) is 37.9 Å². The second kappa shape index (κ2) is 8.98. The van der Waals surface area contributed by atoms with Crippen LogP contribution in [0.2, 0.25) is 0 Å². The first-order valence-electron chi connectivity index (χ1n) is 7.61. The van der Waals surface area contributed by atoms with Gasteiger partial charge in [0.05, 0.1) is 0 Å². The molecule has 0 amide bonds. The van der Waals surface area contributed by atoms with E-state index >= 15 is 0 Å². The Kier molecular flexibility index (Phi) is 7.57. The van der Waals surface area contributed by atoms with Crippen LogP contribution in [0.1, 0.15) is 45.1 Å². The van der Waals surface area contributed by atoms with Gasteiger partial charge in [-0.15, -0.1) is 0 Å². The number of rotatable bonds is 9. The molecule has 108 valence electrons. The molecule has 0 saturated carbocycles. The topological polar surface area (TPSA) is 15.3 Å². The molecule has 0 spiro atoms. The highest BCUT2D eigenvalue weighted by Crippen LogP contribution is 2.18. The SMILES string of the molecule is Cc1ccccc1N(C)CCCCCCNC(C)C. The van der Waals surface area contributed by atoms with Crippen molar-refractivity contribution in [2.45, 2.75) is 52.5 Å². The van der Waals surface area contributed by atoms with Gasteiger partial charge >= 0.3 is 0 Å². The van der Waals surface area contributed by atoms with Crippen LogP contribution in [-0.2, 0) is 0 Å². The lowest BCUT2D eigenvalue weighted by atomic mass is 10.1. The summed E-state index contributed by atoms with van der Waals surface area (Å²) < 4.78 is 0. The molecule has 0 bridgehead atoms. The summed E-state index contributed by atoms with van der Waals surface area (Å²) in [6.07, 6.45) is 5.25. The number of benzene rings is 1. The summed E-state index contributed by atoms with van der Waals surface area (Å²) >= 11 is 0. The molecule has 0 heterocycles. The Morgan fingerprint density at radius 1 is 1.05 bits per heavy atom. The van der Waals surface area contributed by atoms with E-state index in [1.165, 1.54) is 36.9 Å². The van der Waals surface area contributed by atoms with Crippen LogP contribution in [0.5, 0.6) is 0 Å². The molecule has 0 aliphatic heterocycles. The van der Waals surface area contributed by atoms with Crippen molar-refractivity contribution < 1.29 is 0 Å². The molecule has 0 aliphatic carbocycles. The minimum Gasteiger partial charge on any atom is -0.374 e. The summed E-state index contributed by atoms with van der Waals surface area (Å²) in [7, 11) is 2.20. The molecule has 1 rings (SSSR count). The highest BCUT2D eigenvalue weighted by atomic mass is 15.1. The Balaban J connectivity index is 2.11. The number of anilines is 1. The third-order valence-corrected chi connectivity index (χ3v) is 3.50. The quantitative estimate of drug-likeness (QED) is 0.677. The van der Waals surface area contributed by atoms with Crippen molar-refractivity contribution in [1.29, 1.82) is 0 Å². The van der Waals surface area contributed by atoms with Gasteiger partial charge in [-0.3, -0.25) is 0 Å². The average molecular weight is 262 g/mol. The van der Waals surface area contributed by atoms with Crippen molar-refractivity contribution in [2.24, 2.45) is 0 Å². The van der Waals surface area contributed by atoms with Gasteiger partial charge in [-0.2, -0.15) is 0 Å². The van der Waals surface area contributed by atoms with E-state index in [1.54, 1.807) is 0 Å². The molecule has 0 saturated heterocycles. The predicted octanol–water partition coefficient (Wildman–Crippen LogP) is 3.99. The van der Waals surface area contributed by atoms with E-state index in [2.05, 4.69) is 62.3 Å². The second-order valence-corrected chi connectivity index (χ2v) is 5.73. The molecule has 19 heavy (non-hydrogen) atoms. The summed E-state index contributed by atoms with van der Waals surface area (Å²) in [5, 5.41) is 3.47. The summed E-state index contributed by atoms with van der Waals surface area (Å²) in [4.78, 5) is 2.38. The van der Waals surface area contributed by atoms with E-state index in [1.807, 2.05) is 0 Å². The fourth-order valence-electron chi connectivity index (χ4n) is 2.33. The highest BCUT2D eigenvalue weighted by Gasteiger charge is 2.02. The summed E-state index contributed by atoms with van der Waals surface area (Å²) in [6, 6.07) is 9.24. The third kappa shape index (κ3) is 6.63. The molecule has 1 aromatic rings. The van der Waals surface area contributed by atoms with Crippen molar-refractivity contribution in [3.63, 3.8) is 0 Å². The van der Waals surface area contributed by atoms with Crippen LogP contribution in [0.25, 0.3) is 0 Å². The number of nitrogens with zero attached hydrogens (tertiary/aromatic N) is 1. The zero-order chi connectivity index (χ0) is 14.1. The Bertz CT molecular complexity index is 347. The number of hydrogen-bond donors (Lipinski definition) is 1. The highest BCUT2D eigenvalue weighted by molar-refractivity contribution is 5.52. The molecule has 1 aromatic carbocycles. The predicted molar refractivity (Wildman–Crippen MR) is 86.1 cm³/mol. The van der Waals surface area contributed by atoms with Crippen LogP contribution >= 0.6 is 0 Å². The van der Waals surface area contributed by atoms with Gasteiger partial charge in [0.2, 0.25) is 0 Å². The standard InChI is InChI=1S/C17H30N2/c1-15(2)18-13-9-5-6-10-14-19(4)17-12-8-7-11-16(17)3/h7-8,11-12,15,18H,5-6,9-10,13-14H2,1-4H3. The van der Waals surface area contributed by atoms with Crippen LogP contribution in [0.15, 0.2) is 24.3 Å². The second-order valence-electron chi connectivity index (χ2n) is 5.73. The zero-order valence-electron chi connectivity index (χ0n) is 13.1. The minimum absolute atomic E-state index is 0.618. The maximum atomic E-state index is 3.47. The molecule has 0 fully saturated rings. The maximum absolute atomic E-state index is 3.47. The molecule has 0 aliphatic rings. The van der Waals surface area contributed by atoms with Gasteiger partial charge < -0.3 is 10.2 Å². The Labute approximate surface area is 119 Å². The summed E-state index contributed by atoms with van der Waals surface area (Å²) in [5.41, 5.74) is 2.73. The van der Waals surface area contributed by atoms with Crippen molar-refractivity contribution in [1.82, 2.24) is 5.32 Å². The first-order valence-corrected chi connectivity index (χ1v) is 7.61. The molecule has 0 atom stereocenters. The average Bonchev–Trinajstić information content (AvgIpc) is 2.37. The number of para-hydroxylation sites is 1. The molecule has 2 heteroatoms. The van der Waals surface area contributed by atoms with Gasteiger partial charge in [0, 0.05) is 25.3 Å². The fraction of sp³-hybridized carbons (Fsp3) is 0.647. The summed E-state index contributed by atoms with van der Waals surface area (Å²) in [5.74, 6) is 0. The van der Waals surface area contributed by atoms with Gasteiger partial charge in [0.25, 0.3) is 0 Å². The normalized spacial score (nSPS) is 11.0. The van der Waals surface area contributed by atoms with E-state index in [4.69, 9.17) is 0 Å². The molecule has 0 aromatic heterocycles. The van der Waals surface area contributed by atoms with Crippen LogP contribution in [0.4, 0.5) is 5.69 Å². The Morgan fingerprint density at radius 3 is 2.42 bits per heavy atom. The van der Waals surface area contributed by atoms with Gasteiger partial charge in [-0.25, -0.2) is 0 Å². The van der Waals surface area contributed by atoms with Crippen molar-refractivity contribution in [2.75, 3.05) is 25.0 Å². The maximum Gasteiger partial charge on any atom is 0.0393 e. The van der Waals surface area contributed by atoms with Crippen molar-refractivity contribution in [3.05, 3.63) is 29.8 Å². The lowest BCUT2D eigenvalue weighted by Gasteiger charge is -2.21. The Morgan fingerprint density at radius 2 is 1.74 bits per heavy atom. The molecular weight excluding hydrogens is 232 g/mol. The van der Waals surface area contributed by atoms with E-state index in [9.17, 15) is 0 Å². The number of aryl methyl sites for hydroxylation is 1. The zero-order valence-corrected chi connectivity index (χ0v) is 13.1. The molecular formula is C17H30N2. The first kappa shape index (κ1) is 16.0. The molecule has 1 N–H and O–H groups in total. The van der Waals surface area contributed by atoms with Crippen LogP contribution in [-0.4, -0.2) is 26.2 Å². The van der Waals surface area contributed by atoms with E-state index in [0.717, 1.165) is 13.1 Å². The van der Waals surface area contributed by atoms with Crippen LogP contribution < -0.4 is 10.2 Å². The monoisotopic (exact) mass is 262 g/mol. The largest absolute Gasteiger partial charge is 0.374 e. The lowest BCUT2D eigenvalue weighted by Crippen LogP contribution is -2.23. The molecule has 0 unspecified atom stereocenters.